The summed E-state index contributed by atoms with van der Waals surface area (Å²) in [6.07, 6.45) is 2.97. The van der Waals surface area contributed by atoms with Crippen LogP contribution < -0.4 is 10.6 Å². The largest absolute Gasteiger partial charge is 0.349 e. The summed E-state index contributed by atoms with van der Waals surface area (Å²) in [7, 11) is 0. The van der Waals surface area contributed by atoms with Crippen LogP contribution in [0.2, 0.25) is 0 Å². The van der Waals surface area contributed by atoms with Crippen LogP contribution in [0.3, 0.4) is 0 Å². The molecule has 0 radical (unpaired) electrons. The monoisotopic (exact) mass is 467 g/mol. The van der Waals surface area contributed by atoms with Gasteiger partial charge in [0, 0.05) is 41.5 Å². The second-order valence-corrected chi connectivity index (χ2v) is 8.58. The van der Waals surface area contributed by atoms with E-state index in [1.165, 1.54) is 0 Å². The van der Waals surface area contributed by atoms with Crippen LogP contribution in [0, 0.1) is 0 Å². The van der Waals surface area contributed by atoms with Gasteiger partial charge in [-0.2, -0.15) is 0 Å². The molecule has 0 unspecified atom stereocenters. The maximum absolute atomic E-state index is 12.9. The molecule has 1 saturated heterocycles. The molecule has 35 heavy (non-hydrogen) atoms. The number of benzene rings is 3. The molecule has 176 valence electrons. The van der Waals surface area contributed by atoms with E-state index in [4.69, 9.17) is 0 Å². The third-order valence-corrected chi connectivity index (χ3v) is 6.20. The molecule has 8 heteroatoms. The Hall–Kier alpha value is -4.46. The number of nitrogens with zero attached hydrogens (tertiary/aromatic N) is 2. The number of anilines is 1. The van der Waals surface area contributed by atoms with Crippen molar-refractivity contribution >= 4 is 34.4 Å². The predicted molar refractivity (Wildman–Crippen MR) is 133 cm³/mol. The number of likely N-dealkylation sites (tertiary alicyclic amines) is 1. The van der Waals surface area contributed by atoms with Crippen molar-refractivity contribution in [3.63, 3.8) is 0 Å². The SMILES string of the molecule is O=C(Nc1cccc(C(=O)NC2CCN(C(=O)c3ccccc3)CC2)c1)c1ccc2nc[nH]c2c1. The normalized spacial score (nSPS) is 14.0. The van der Waals surface area contributed by atoms with Crippen molar-refractivity contribution in [2.45, 2.75) is 18.9 Å². The number of carbonyl (C=O) groups is 3. The fourth-order valence-corrected chi connectivity index (χ4v) is 4.28. The zero-order chi connectivity index (χ0) is 24.2. The third-order valence-electron chi connectivity index (χ3n) is 6.20. The van der Waals surface area contributed by atoms with Crippen LogP contribution in [0.4, 0.5) is 5.69 Å². The summed E-state index contributed by atoms with van der Waals surface area (Å²) in [6, 6.07) is 21.3. The van der Waals surface area contributed by atoms with Gasteiger partial charge in [-0.25, -0.2) is 4.98 Å². The number of fused-ring (bicyclic) bond motifs is 1. The van der Waals surface area contributed by atoms with Crippen molar-refractivity contribution < 1.29 is 14.4 Å². The first-order valence-corrected chi connectivity index (χ1v) is 11.6. The minimum atomic E-state index is -0.269. The predicted octanol–water partition coefficient (Wildman–Crippen LogP) is 3.85. The summed E-state index contributed by atoms with van der Waals surface area (Å²) in [5.74, 6) is -0.451. The van der Waals surface area contributed by atoms with E-state index in [0.717, 1.165) is 11.0 Å². The Bertz CT molecular complexity index is 1370. The molecule has 0 atom stereocenters. The second kappa shape index (κ2) is 9.80. The van der Waals surface area contributed by atoms with Gasteiger partial charge < -0.3 is 20.5 Å². The summed E-state index contributed by atoms with van der Waals surface area (Å²) >= 11 is 0. The minimum Gasteiger partial charge on any atom is -0.349 e. The van der Waals surface area contributed by atoms with Gasteiger partial charge in [-0.15, -0.1) is 0 Å². The average molecular weight is 468 g/mol. The Kier molecular flexibility index (Phi) is 6.26. The summed E-state index contributed by atoms with van der Waals surface area (Å²) in [6.45, 7) is 1.19. The van der Waals surface area contributed by atoms with E-state index in [2.05, 4.69) is 20.6 Å². The number of hydrogen-bond donors (Lipinski definition) is 3. The maximum atomic E-state index is 12.9. The molecule has 1 aliphatic rings. The lowest BCUT2D eigenvalue weighted by Crippen LogP contribution is -2.46. The number of carbonyl (C=O) groups excluding carboxylic acids is 3. The van der Waals surface area contributed by atoms with Crippen molar-refractivity contribution in [3.8, 4) is 0 Å². The molecule has 2 heterocycles. The van der Waals surface area contributed by atoms with Crippen LogP contribution in [0.25, 0.3) is 11.0 Å². The Morgan fingerprint density at radius 2 is 1.57 bits per heavy atom. The molecular weight excluding hydrogens is 442 g/mol. The number of amides is 3. The van der Waals surface area contributed by atoms with Crippen LogP contribution in [-0.2, 0) is 0 Å². The quantitative estimate of drug-likeness (QED) is 0.414. The summed E-state index contributed by atoms with van der Waals surface area (Å²) in [5, 5.41) is 5.91. The number of rotatable bonds is 5. The van der Waals surface area contributed by atoms with E-state index in [9.17, 15) is 14.4 Å². The van der Waals surface area contributed by atoms with Gasteiger partial charge in [-0.05, 0) is 61.4 Å². The van der Waals surface area contributed by atoms with E-state index >= 15 is 0 Å². The van der Waals surface area contributed by atoms with E-state index in [1.807, 2.05) is 35.2 Å². The van der Waals surface area contributed by atoms with Gasteiger partial charge in [0.1, 0.15) is 0 Å². The Balaban J connectivity index is 1.17. The highest BCUT2D eigenvalue weighted by molar-refractivity contribution is 6.06. The fourth-order valence-electron chi connectivity index (χ4n) is 4.28. The molecule has 4 aromatic rings. The van der Waals surface area contributed by atoms with Gasteiger partial charge in [-0.3, -0.25) is 14.4 Å². The summed E-state index contributed by atoms with van der Waals surface area (Å²) in [5.41, 5.74) is 3.75. The van der Waals surface area contributed by atoms with Gasteiger partial charge in [0.15, 0.2) is 0 Å². The highest BCUT2D eigenvalue weighted by Gasteiger charge is 2.25. The zero-order valence-corrected chi connectivity index (χ0v) is 19.0. The van der Waals surface area contributed by atoms with E-state index in [1.54, 1.807) is 48.8 Å². The van der Waals surface area contributed by atoms with Crippen molar-refractivity contribution in [2.75, 3.05) is 18.4 Å². The molecular formula is C27H25N5O3. The number of nitrogens with one attached hydrogen (secondary N) is 3. The molecule has 1 aliphatic heterocycles. The molecule has 0 aliphatic carbocycles. The van der Waals surface area contributed by atoms with Crippen molar-refractivity contribution in [3.05, 3.63) is 95.8 Å². The fraction of sp³-hybridized carbons (Fsp3) is 0.185. The number of imidazole rings is 1. The standard InChI is InChI=1S/C27H25N5O3/c33-25(30-21-11-13-32(14-12-21)27(35)18-5-2-1-3-6-18)19-7-4-8-22(15-19)31-26(34)20-9-10-23-24(16-20)29-17-28-23/h1-10,15-17,21H,11-14H2,(H,28,29)(H,30,33)(H,31,34). The first kappa shape index (κ1) is 22.3. The second-order valence-electron chi connectivity index (χ2n) is 8.58. The first-order chi connectivity index (χ1) is 17.1. The van der Waals surface area contributed by atoms with Crippen LogP contribution in [0.1, 0.15) is 43.9 Å². The van der Waals surface area contributed by atoms with Crippen molar-refractivity contribution in [1.82, 2.24) is 20.2 Å². The van der Waals surface area contributed by atoms with Gasteiger partial charge in [-0.1, -0.05) is 24.3 Å². The summed E-state index contributed by atoms with van der Waals surface area (Å²) in [4.78, 5) is 47.2. The lowest BCUT2D eigenvalue weighted by Gasteiger charge is -2.32. The number of hydrogen-bond acceptors (Lipinski definition) is 4. The van der Waals surface area contributed by atoms with E-state index in [-0.39, 0.29) is 23.8 Å². The van der Waals surface area contributed by atoms with Crippen molar-refractivity contribution in [2.24, 2.45) is 0 Å². The van der Waals surface area contributed by atoms with E-state index < -0.39 is 0 Å². The Morgan fingerprint density at radius 1 is 0.829 bits per heavy atom. The van der Waals surface area contributed by atoms with Crippen LogP contribution in [0.5, 0.6) is 0 Å². The van der Waals surface area contributed by atoms with Crippen LogP contribution in [0.15, 0.2) is 79.1 Å². The third kappa shape index (κ3) is 5.06. The molecule has 5 rings (SSSR count). The number of aromatic nitrogens is 2. The maximum Gasteiger partial charge on any atom is 0.255 e. The van der Waals surface area contributed by atoms with Gasteiger partial charge in [0.05, 0.1) is 17.4 Å². The minimum absolute atomic E-state index is 0.0123. The molecule has 8 nitrogen and oxygen atoms in total. The van der Waals surface area contributed by atoms with E-state index in [0.29, 0.717) is 48.3 Å². The topological polar surface area (TPSA) is 107 Å². The van der Waals surface area contributed by atoms with Gasteiger partial charge in [0.2, 0.25) is 0 Å². The van der Waals surface area contributed by atoms with Crippen LogP contribution in [-0.4, -0.2) is 51.7 Å². The Labute approximate surface area is 202 Å². The van der Waals surface area contributed by atoms with Gasteiger partial charge >= 0.3 is 0 Å². The molecule has 3 amide bonds. The molecule has 1 fully saturated rings. The molecule has 3 N–H and O–H groups in total. The highest BCUT2D eigenvalue weighted by Crippen LogP contribution is 2.17. The zero-order valence-electron chi connectivity index (χ0n) is 19.0. The average Bonchev–Trinajstić information content (AvgIpc) is 3.37. The lowest BCUT2D eigenvalue weighted by molar-refractivity contribution is 0.0697. The summed E-state index contributed by atoms with van der Waals surface area (Å²) < 4.78 is 0. The molecule has 0 saturated carbocycles. The lowest BCUT2D eigenvalue weighted by atomic mass is 10.0. The van der Waals surface area contributed by atoms with Crippen molar-refractivity contribution in [1.29, 1.82) is 0 Å². The number of H-pyrrole nitrogens is 1. The number of piperidine rings is 1. The van der Waals surface area contributed by atoms with Gasteiger partial charge in [0.25, 0.3) is 17.7 Å². The molecule has 0 spiro atoms. The Morgan fingerprint density at radius 3 is 2.37 bits per heavy atom. The highest BCUT2D eigenvalue weighted by atomic mass is 16.2. The smallest absolute Gasteiger partial charge is 0.255 e. The molecule has 3 aromatic carbocycles. The molecule has 1 aromatic heterocycles. The number of aromatic amines is 1. The van der Waals surface area contributed by atoms with Crippen LogP contribution >= 0.6 is 0 Å². The first-order valence-electron chi connectivity index (χ1n) is 11.6. The molecule has 0 bridgehead atoms.